The number of carboxylic acid groups (broad SMARTS) is 2. The van der Waals surface area contributed by atoms with Crippen molar-refractivity contribution in [3.8, 4) is 0 Å². The van der Waals surface area contributed by atoms with Crippen LogP contribution in [0.3, 0.4) is 0 Å². The van der Waals surface area contributed by atoms with Gasteiger partial charge in [0.1, 0.15) is 0 Å². The fourth-order valence-electron chi connectivity index (χ4n) is 1.27. The molecule has 0 heterocycles. The van der Waals surface area contributed by atoms with Gasteiger partial charge in [0.2, 0.25) is 0 Å². The summed E-state index contributed by atoms with van der Waals surface area (Å²) in [6, 6.07) is -1.86. The monoisotopic (exact) mass is 496 g/mol. The molecule has 2 atom stereocenters. The van der Waals surface area contributed by atoms with Crippen molar-refractivity contribution in [1.29, 1.82) is 0 Å². The molecule has 0 aromatic rings. The predicted octanol–water partition coefficient (Wildman–Crippen LogP) is -4.98. The summed E-state index contributed by atoms with van der Waals surface area (Å²) in [5, 5.41) is 20.2. The van der Waals surface area contributed by atoms with Gasteiger partial charge in [0, 0.05) is 25.2 Å². The van der Waals surface area contributed by atoms with Gasteiger partial charge in [-0.3, -0.25) is 9.98 Å². The van der Waals surface area contributed by atoms with Gasteiger partial charge in [0.05, 0.1) is 11.9 Å². The fourth-order valence-corrected chi connectivity index (χ4v) is 1.27. The molecule has 12 N–H and O–H groups in total. The number of carbonyl (C=O) groups is 2. The van der Waals surface area contributed by atoms with Gasteiger partial charge in [0.25, 0.3) is 0 Å². The Morgan fingerprint density at radius 3 is 1.26 bits per heavy atom. The van der Waals surface area contributed by atoms with Gasteiger partial charge in [-0.1, -0.05) is 0 Å². The van der Waals surface area contributed by atoms with Crippen LogP contribution >= 0.6 is 0 Å². The summed E-state index contributed by atoms with van der Waals surface area (Å²) >= 11 is 0.230. The number of aliphatic imine (C=N–C) groups is 2. The normalized spacial score (nSPS) is 11.1. The van der Waals surface area contributed by atoms with Crippen LogP contribution in [-0.4, -0.2) is 70.2 Å². The molecule has 0 spiro atoms. The van der Waals surface area contributed by atoms with E-state index in [0.717, 1.165) is 0 Å². The number of nitrogens with two attached hydrogens (primary N) is 6. The SMILES string of the molecule is NC(N)=NCCC[C@H](N)C(=O)[O-].NC(N)=NCCC[C@H](N)C(=O)[O-].[CH3][Sn+2][CH3]. The first-order valence-corrected chi connectivity index (χ1v) is 13.8. The summed E-state index contributed by atoms with van der Waals surface area (Å²) in [7, 11) is 0. The second-order valence-electron chi connectivity index (χ2n) is 5.25. The number of rotatable bonds is 10. The Hall–Kier alpha value is -1.80. The van der Waals surface area contributed by atoms with Gasteiger partial charge in [0.15, 0.2) is 11.9 Å². The molecule has 0 radical (unpaired) electrons. The quantitative estimate of drug-likeness (QED) is 0.0727. The molecular formula is C14H32N8O4Sn. The number of hydrogen-bond acceptors (Lipinski definition) is 8. The molecule has 0 aliphatic rings. The van der Waals surface area contributed by atoms with Crippen molar-refractivity contribution in [1.82, 2.24) is 0 Å². The second-order valence-corrected chi connectivity index (χ2v) is 8.10. The number of aliphatic carboxylic acids is 2. The van der Waals surface area contributed by atoms with Crippen molar-refractivity contribution in [2.45, 2.75) is 47.6 Å². The Labute approximate surface area is 170 Å². The summed E-state index contributed by atoms with van der Waals surface area (Å²) in [5.41, 5.74) is 30.5. The van der Waals surface area contributed by atoms with Crippen LogP contribution in [0.5, 0.6) is 0 Å². The summed E-state index contributed by atoms with van der Waals surface area (Å²) in [5.74, 6) is -2.51. The average molecular weight is 495 g/mol. The third kappa shape index (κ3) is 29.2. The molecule has 0 aliphatic heterocycles. The molecule has 0 bridgehead atoms. The molecule has 27 heavy (non-hydrogen) atoms. The van der Waals surface area contributed by atoms with Crippen molar-refractivity contribution in [2.75, 3.05) is 13.1 Å². The minimum atomic E-state index is -1.25. The first-order chi connectivity index (χ1) is 12.5. The first-order valence-electron chi connectivity index (χ1n) is 8.11. The molecule has 156 valence electrons. The molecule has 0 saturated heterocycles. The number of hydrogen-bond donors (Lipinski definition) is 6. The molecule has 0 saturated carbocycles. The summed E-state index contributed by atoms with van der Waals surface area (Å²) in [6.45, 7) is 0.784. The molecule has 0 amide bonds. The van der Waals surface area contributed by atoms with E-state index in [1.807, 2.05) is 0 Å². The van der Waals surface area contributed by atoms with Gasteiger partial charge in [-0.25, -0.2) is 0 Å². The zero-order chi connectivity index (χ0) is 21.8. The molecule has 13 heteroatoms. The van der Waals surface area contributed by atoms with Crippen LogP contribution in [0, 0.1) is 0 Å². The standard InChI is InChI=1S/2C6H14N4O2.2CH3.Sn/c2*7-4(5(11)12)2-1-3-10-6(8)9;;;/h2*4H,1-3,7H2,(H,11,12)(H4,8,9,10);2*1H3;/q;;;;+2/p-2/t2*4-;;;/m00.../s1. The second kappa shape index (κ2) is 20.5. The van der Waals surface area contributed by atoms with Gasteiger partial charge < -0.3 is 54.2 Å². The van der Waals surface area contributed by atoms with Crippen LogP contribution in [0.25, 0.3) is 0 Å². The van der Waals surface area contributed by atoms with Gasteiger partial charge in [-0.05, 0) is 25.7 Å². The molecular weight excluding hydrogens is 463 g/mol. The molecule has 0 unspecified atom stereocenters. The van der Waals surface area contributed by atoms with Crippen molar-refractivity contribution in [2.24, 2.45) is 44.4 Å². The number of nitrogens with zero attached hydrogens (tertiary/aromatic N) is 2. The zero-order valence-electron chi connectivity index (χ0n) is 15.9. The van der Waals surface area contributed by atoms with Crippen molar-refractivity contribution in [3.63, 3.8) is 0 Å². The van der Waals surface area contributed by atoms with E-state index >= 15 is 0 Å². The first kappa shape index (κ1) is 29.9. The predicted molar refractivity (Wildman–Crippen MR) is 103 cm³/mol. The van der Waals surface area contributed by atoms with Crippen LogP contribution in [0.1, 0.15) is 25.7 Å². The summed E-state index contributed by atoms with van der Waals surface area (Å²) in [4.78, 5) is 32.1. The Morgan fingerprint density at radius 2 is 1.07 bits per heavy atom. The maximum atomic E-state index is 10.1. The van der Waals surface area contributed by atoms with E-state index in [1.54, 1.807) is 0 Å². The molecule has 0 aliphatic carbocycles. The Bertz CT molecular complexity index is 414. The van der Waals surface area contributed by atoms with Crippen molar-refractivity contribution in [3.05, 3.63) is 0 Å². The van der Waals surface area contributed by atoms with E-state index in [2.05, 4.69) is 19.9 Å². The van der Waals surface area contributed by atoms with Crippen LogP contribution in [-0.2, 0) is 9.59 Å². The summed E-state index contributed by atoms with van der Waals surface area (Å²) in [6.07, 6.45) is 1.71. The third-order valence-electron chi connectivity index (χ3n) is 2.54. The van der Waals surface area contributed by atoms with Crippen LogP contribution in [0.4, 0.5) is 0 Å². The molecule has 0 aromatic carbocycles. The fraction of sp³-hybridized carbons (Fsp3) is 0.714. The molecule has 0 rings (SSSR count). The topological polar surface area (TPSA) is 261 Å². The third-order valence-corrected chi connectivity index (χ3v) is 2.54. The number of guanidine groups is 2. The zero-order valence-corrected chi connectivity index (χ0v) is 18.7. The van der Waals surface area contributed by atoms with Crippen molar-refractivity contribution < 1.29 is 19.8 Å². The van der Waals surface area contributed by atoms with E-state index in [1.165, 1.54) is 0 Å². The van der Waals surface area contributed by atoms with Crippen LogP contribution < -0.4 is 44.6 Å². The molecule has 0 aromatic heterocycles. The van der Waals surface area contributed by atoms with Gasteiger partial charge >= 0.3 is 31.0 Å². The van der Waals surface area contributed by atoms with Crippen molar-refractivity contribution >= 4 is 45.0 Å². The summed E-state index contributed by atoms with van der Waals surface area (Å²) < 4.78 is 0. The van der Waals surface area contributed by atoms with Crippen LogP contribution in [0.2, 0.25) is 9.88 Å². The number of carbonyl (C=O) groups excluding carboxylic acids is 2. The maximum absolute atomic E-state index is 10.1. The van der Waals surface area contributed by atoms with E-state index in [0.29, 0.717) is 38.8 Å². The molecule has 0 fully saturated rings. The Kier molecular flexibility index (Phi) is 22.7. The molecule has 12 nitrogen and oxygen atoms in total. The average Bonchev–Trinajstić information content (AvgIpc) is 2.55. The van der Waals surface area contributed by atoms with E-state index in [9.17, 15) is 19.8 Å². The van der Waals surface area contributed by atoms with Gasteiger partial charge in [-0.2, -0.15) is 0 Å². The van der Waals surface area contributed by atoms with Crippen LogP contribution in [0.15, 0.2) is 9.98 Å². The van der Waals surface area contributed by atoms with E-state index in [4.69, 9.17) is 34.4 Å². The number of carboxylic acids is 2. The van der Waals surface area contributed by atoms with E-state index in [-0.39, 0.29) is 33.1 Å². The Balaban J connectivity index is -0.000000372. The van der Waals surface area contributed by atoms with E-state index < -0.39 is 24.0 Å². The van der Waals surface area contributed by atoms with Gasteiger partial charge in [-0.15, -0.1) is 0 Å². The Morgan fingerprint density at radius 1 is 0.815 bits per heavy atom. The minimum absolute atomic E-state index is 0.00276.